The maximum atomic E-state index is 13.4. The van der Waals surface area contributed by atoms with Gasteiger partial charge in [-0.2, -0.15) is 5.10 Å². The van der Waals surface area contributed by atoms with Crippen LogP contribution < -0.4 is 5.32 Å². The summed E-state index contributed by atoms with van der Waals surface area (Å²) in [5.74, 6) is -0.390. The fraction of sp³-hybridized carbons (Fsp3) is 0.167. The predicted octanol–water partition coefficient (Wildman–Crippen LogP) is 3.65. The third kappa shape index (κ3) is 3.82. The molecule has 2 aromatic carbocycles. The number of rotatable bonds is 6. The summed E-state index contributed by atoms with van der Waals surface area (Å²) in [6, 6.07) is 12.3. The highest BCUT2D eigenvalue weighted by atomic mass is 35.5. The second-order valence-corrected chi connectivity index (χ2v) is 5.90. The first-order chi connectivity index (χ1) is 11.7. The van der Waals surface area contributed by atoms with E-state index in [9.17, 15) is 4.39 Å². The van der Waals surface area contributed by atoms with Crippen molar-refractivity contribution in [3.63, 3.8) is 0 Å². The van der Waals surface area contributed by atoms with Gasteiger partial charge in [0.2, 0.25) is 0 Å². The van der Waals surface area contributed by atoms with Gasteiger partial charge in [0, 0.05) is 34.8 Å². The number of hydrogen-bond donors (Lipinski definition) is 3. The number of aromatic amines is 1. The summed E-state index contributed by atoms with van der Waals surface area (Å²) in [7, 11) is 0. The van der Waals surface area contributed by atoms with Crippen LogP contribution in [0.4, 0.5) is 4.39 Å². The van der Waals surface area contributed by atoms with Crippen molar-refractivity contribution in [3.8, 4) is 11.3 Å². The summed E-state index contributed by atoms with van der Waals surface area (Å²) < 4.78 is 13.4. The highest BCUT2D eigenvalue weighted by Gasteiger charge is 2.08. The standard InChI is InChI=1S/C18H17ClFN3O/c19-16-3-1-2-13(7-16)18-15(10-22-23-18)9-21-8-12-4-5-17(20)14(6-12)11-24/h1-7,10,21,24H,8-9,11H2,(H,22,23). The number of aromatic nitrogens is 2. The zero-order valence-corrected chi connectivity index (χ0v) is 13.6. The first-order valence-corrected chi connectivity index (χ1v) is 7.92. The van der Waals surface area contributed by atoms with Gasteiger partial charge in [-0.25, -0.2) is 4.39 Å². The number of aliphatic hydroxyl groups excluding tert-OH is 1. The van der Waals surface area contributed by atoms with Gasteiger partial charge < -0.3 is 10.4 Å². The summed E-state index contributed by atoms with van der Waals surface area (Å²) in [6.07, 6.45) is 1.77. The largest absolute Gasteiger partial charge is 0.392 e. The van der Waals surface area contributed by atoms with E-state index in [0.717, 1.165) is 22.4 Å². The molecule has 0 radical (unpaired) electrons. The Morgan fingerprint density at radius 1 is 1.12 bits per heavy atom. The Balaban J connectivity index is 1.67. The monoisotopic (exact) mass is 345 g/mol. The van der Waals surface area contributed by atoms with Crippen LogP contribution in [0.2, 0.25) is 5.02 Å². The summed E-state index contributed by atoms with van der Waals surface area (Å²) in [4.78, 5) is 0. The van der Waals surface area contributed by atoms with Gasteiger partial charge in [-0.1, -0.05) is 29.8 Å². The van der Waals surface area contributed by atoms with Crippen LogP contribution in [-0.2, 0) is 19.7 Å². The maximum absolute atomic E-state index is 13.4. The third-order valence-corrected chi connectivity index (χ3v) is 3.99. The average molecular weight is 346 g/mol. The van der Waals surface area contributed by atoms with Gasteiger partial charge in [-0.3, -0.25) is 5.10 Å². The fourth-order valence-electron chi connectivity index (χ4n) is 2.54. The second-order valence-electron chi connectivity index (χ2n) is 5.47. The summed E-state index contributed by atoms with van der Waals surface area (Å²) >= 11 is 6.04. The third-order valence-electron chi connectivity index (χ3n) is 3.76. The van der Waals surface area contributed by atoms with Gasteiger partial charge in [0.15, 0.2) is 0 Å². The van der Waals surface area contributed by atoms with Crippen molar-refractivity contribution in [2.75, 3.05) is 0 Å². The Hall–Kier alpha value is -2.21. The number of nitrogens with zero attached hydrogens (tertiary/aromatic N) is 1. The van der Waals surface area contributed by atoms with Crippen LogP contribution in [0.5, 0.6) is 0 Å². The SMILES string of the molecule is OCc1cc(CNCc2cn[nH]c2-c2cccc(Cl)c2)ccc1F. The van der Waals surface area contributed by atoms with Crippen LogP contribution >= 0.6 is 11.6 Å². The molecule has 0 aliphatic carbocycles. The molecule has 4 nitrogen and oxygen atoms in total. The van der Waals surface area contributed by atoms with Gasteiger partial charge in [0.05, 0.1) is 18.5 Å². The molecule has 3 N–H and O–H groups in total. The van der Waals surface area contributed by atoms with Crippen molar-refractivity contribution < 1.29 is 9.50 Å². The average Bonchev–Trinajstić information content (AvgIpc) is 3.05. The second kappa shape index (κ2) is 7.57. The molecule has 0 bridgehead atoms. The summed E-state index contributed by atoms with van der Waals surface area (Å²) in [6.45, 7) is 0.859. The van der Waals surface area contributed by atoms with E-state index in [0.29, 0.717) is 23.7 Å². The molecular formula is C18H17ClFN3O. The molecule has 0 unspecified atom stereocenters. The van der Waals surface area contributed by atoms with Crippen LogP contribution in [0, 0.1) is 5.82 Å². The van der Waals surface area contributed by atoms with Crippen LogP contribution in [0.25, 0.3) is 11.3 Å². The van der Waals surface area contributed by atoms with Gasteiger partial charge in [0.25, 0.3) is 0 Å². The molecule has 24 heavy (non-hydrogen) atoms. The molecule has 6 heteroatoms. The first-order valence-electron chi connectivity index (χ1n) is 7.54. The van der Waals surface area contributed by atoms with Crippen LogP contribution in [-0.4, -0.2) is 15.3 Å². The maximum Gasteiger partial charge on any atom is 0.128 e. The molecule has 3 rings (SSSR count). The molecule has 3 aromatic rings. The minimum atomic E-state index is -0.390. The molecule has 0 fully saturated rings. The van der Waals surface area contributed by atoms with Crippen molar-refractivity contribution in [1.29, 1.82) is 0 Å². The predicted molar refractivity (Wildman–Crippen MR) is 91.9 cm³/mol. The van der Waals surface area contributed by atoms with Crippen LogP contribution in [0.15, 0.2) is 48.7 Å². The van der Waals surface area contributed by atoms with Gasteiger partial charge in [-0.15, -0.1) is 0 Å². The molecule has 0 atom stereocenters. The molecule has 0 saturated heterocycles. The first kappa shape index (κ1) is 16.6. The lowest BCUT2D eigenvalue weighted by atomic mass is 10.1. The van der Waals surface area contributed by atoms with Gasteiger partial charge in [0.1, 0.15) is 5.82 Å². The molecular weight excluding hydrogens is 329 g/mol. The molecule has 1 aromatic heterocycles. The summed E-state index contributed by atoms with van der Waals surface area (Å²) in [5, 5.41) is 20.2. The van der Waals surface area contributed by atoms with Gasteiger partial charge in [-0.05, 0) is 29.8 Å². The van der Waals surface area contributed by atoms with E-state index in [1.54, 1.807) is 18.3 Å². The van der Waals surface area contributed by atoms with E-state index < -0.39 is 0 Å². The van der Waals surface area contributed by atoms with E-state index in [2.05, 4.69) is 15.5 Å². The highest BCUT2D eigenvalue weighted by molar-refractivity contribution is 6.30. The Labute approximate surface area is 144 Å². The Kier molecular flexibility index (Phi) is 5.25. The number of hydrogen-bond acceptors (Lipinski definition) is 3. The van der Waals surface area contributed by atoms with E-state index in [1.165, 1.54) is 6.07 Å². The van der Waals surface area contributed by atoms with Crippen LogP contribution in [0.1, 0.15) is 16.7 Å². The minimum absolute atomic E-state index is 0.303. The molecule has 124 valence electrons. The fourth-order valence-corrected chi connectivity index (χ4v) is 2.73. The molecule has 0 amide bonds. The van der Waals surface area contributed by atoms with Crippen molar-refractivity contribution in [3.05, 3.63) is 76.2 Å². The summed E-state index contributed by atoms with van der Waals surface area (Å²) in [5.41, 5.74) is 4.12. The topological polar surface area (TPSA) is 60.9 Å². The Bertz CT molecular complexity index is 835. The lowest BCUT2D eigenvalue weighted by molar-refractivity contribution is 0.275. The van der Waals surface area contributed by atoms with Crippen molar-refractivity contribution in [1.82, 2.24) is 15.5 Å². The quantitative estimate of drug-likeness (QED) is 0.639. The Morgan fingerprint density at radius 3 is 2.79 bits per heavy atom. The molecule has 0 spiro atoms. The number of aliphatic hydroxyl groups is 1. The molecule has 0 saturated carbocycles. The van der Waals surface area contributed by atoms with Crippen molar-refractivity contribution in [2.24, 2.45) is 0 Å². The smallest absolute Gasteiger partial charge is 0.128 e. The van der Waals surface area contributed by atoms with E-state index in [1.807, 2.05) is 24.3 Å². The number of halogens is 2. The minimum Gasteiger partial charge on any atom is -0.392 e. The number of nitrogens with one attached hydrogen (secondary N) is 2. The van der Waals surface area contributed by atoms with E-state index in [4.69, 9.17) is 16.7 Å². The van der Waals surface area contributed by atoms with E-state index >= 15 is 0 Å². The van der Waals surface area contributed by atoms with E-state index in [-0.39, 0.29) is 12.4 Å². The lowest BCUT2D eigenvalue weighted by Crippen LogP contribution is -2.13. The molecule has 1 heterocycles. The van der Waals surface area contributed by atoms with Gasteiger partial charge >= 0.3 is 0 Å². The normalized spacial score (nSPS) is 11.0. The lowest BCUT2D eigenvalue weighted by Gasteiger charge is -2.08. The van der Waals surface area contributed by atoms with Crippen molar-refractivity contribution >= 4 is 11.6 Å². The highest BCUT2D eigenvalue weighted by Crippen LogP contribution is 2.24. The van der Waals surface area contributed by atoms with Crippen molar-refractivity contribution in [2.45, 2.75) is 19.7 Å². The number of benzene rings is 2. The molecule has 0 aliphatic heterocycles. The van der Waals surface area contributed by atoms with Crippen LogP contribution in [0.3, 0.4) is 0 Å². The zero-order chi connectivity index (χ0) is 16.9. The number of H-pyrrole nitrogens is 1. The Morgan fingerprint density at radius 2 is 2.00 bits per heavy atom. The zero-order valence-electron chi connectivity index (χ0n) is 12.9. The molecule has 0 aliphatic rings.